The number of rotatable bonds is 2. The maximum absolute atomic E-state index is 4.36. The molecule has 2 aromatic heterocycles. The summed E-state index contributed by atoms with van der Waals surface area (Å²) < 4.78 is 2.37. The van der Waals surface area contributed by atoms with Crippen LogP contribution in [0.1, 0.15) is 30.5 Å². The van der Waals surface area contributed by atoms with Crippen LogP contribution in [0.2, 0.25) is 0 Å². The van der Waals surface area contributed by atoms with E-state index in [1.807, 2.05) is 29.3 Å². The molecule has 1 aliphatic heterocycles. The molecule has 2 nitrogen and oxygen atoms in total. The van der Waals surface area contributed by atoms with Crippen LogP contribution in [-0.4, -0.2) is 10.2 Å². The number of hydrogen-bond acceptors (Lipinski definition) is 4. The highest BCUT2D eigenvalue weighted by atomic mass is 79.9. The monoisotopic (exact) mass is 354 g/mol. The highest BCUT2D eigenvalue weighted by molar-refractivity contribution is 9.10. The molecule has 2 aromatic rings. The van der Waals surface area contributed by atoms with Crippen molar-refractivity contribution in [3.63, 3.8) is 0 Å². The second-order valence-corrected chi connectivity index (χ2v) is 8.23. The van der Waals surface area contributed by atoms with Crippen molar-refractivity contribution in [3.05, 3.63) is 39.4 Å². The van der Waals surface area contributed by atoms with E-state index in [4.69, 9.17) is 0 Å². The van der Waals surface area contributed by atoms with Gasteiger partial charge in [-0.3, -0.25) is 0 Å². The van der Waals surface area contributed by atoms with Gasteiger partial charge in [-0.05, 0) is 57.9 Å². The van der Waals surface area contributed by atoms with E-state index >= 15 is 0 Å². The van der Waals surface area contributed by atoms with Crippen LogP contribution in [0, 0.1) is 6.92 Å². The van der Waals surface area contributed by atoms with Crippen LogP contribution in [0.15, 0.2) is 32.5 Å². The van der Waals surface area contributed by atoms with Crippen LogP contribution in [-0.2, 0) is 0 Å². The van der Waals surface area contributed by atoms with Crippen LogP contribution in [0.3, 0.4) is 0 Å². The minimum Gasteiger partial charge on any atom is -0.377 e. The van der Waals surface area contributed by atoms with Gasteiger partial charge in [0.1, 0.15) is 4.60 Å². The van der Waals surface area contributed by atoms with Crippen molar-refractivity contribution in [2.45, 2.75) is 35.8 Å². The third kappa shape index (κ3) is 2.83. The van der Waals surface area contributed by atoms with Crippen molar-refractivity contribution in [1.82, 2.24) is 4.98 Å². The zero-order valence-electron chi connectivity index (χ0n) is 10.8. The minimum atomic E-state index is 0.403. The number of fused-ring (bicyclic) bond motifs is 1. The van der Waals surface area contributed by atoms with Gasteiger partial charge >= 0.3 is 0 Å². The van der Waals surface area contributed by atoms with E-state index < -0.39 is 0 Å². The fourth-order valence-electron chi connectivity index (χ4n) is 2.32. The van der Waals surface area contributed by atoms with Gasteiger partial charge in [0.25, 0.3) is 0 Å². The Balaban J connectivity index is 1.86. The molecule has 0 bridgehead atoms. The Bertz CT molecular complexity index is 597. The summed E-state index contributed by atoms with van der Waals surface area (Å²) in [5, 5.41) is 6.48. The fourth-order valence-corrected chi connectivity index (χ4v) is 5.11. The van der Waals surface area contributed by atoms with E-state index in [0.717, 1.165) is 22.3 Å². The molecule has 3 rings (SSSR count). The van der Waals surface area contributed by atoms with Crippen LogP contribution < -0.4 is 5.32 Å². The van der Waals surface area contributed by atoms with Gasteiger partial charge < -0.3 is 5.32 Å². The summed E-state index contributed by atoms with van der Waals surface area (Å²) in [4.78, 5) is 4.36. The molecule has 5 heteroatoms. The lowest BCUT2D eigenvalue weighted by atomic mass is 10.0. The summed E-state index contributed by atoms with van der Waals surface area (Å²) in [5.41, 5.74) is 3.70. The van der Waals surface area contributed by atoms with Gasteiger partial charge in [0.15, 0.2) is 0 Å². The molecule has 1 N–H and O–H groups in total. The summed E-state index contributed by atoms with van der Waals surface area (Å²) in [6, 6.07) is 4.80. The third-order valence-corrected chi connectivity index (χ3v) is 6.44. The van der Waals surface area contributed by atoms with Crippen molar-refractivity contribution in [1.29, 1.82) is 0 Å². The van der Waals surface area contributed by atoms with Crippen LogP contribution in [0.25, 0.3) is 0 Å². The fraction of sp³-hybridized carbons (Fsp3) is 0.357. The van der Waals surface area contributed by atoms with Gasteiger partial charge in [-0.25, -0.2) is 4.98 Å². The molecule has 0 aromatic carbocycles. The predicted molar refractivity (Wildman–Crippen MR) is 87.3 cm³/mol. The Morgan fingerprint density at radius 2 is 2.32 bits per heavy atom. The summed E-state index contributed by atoms with van der Waals surface area (Å²) in [6.07, 6.45) is 3.05. The van der Waals surface area contributed by atoms with Gasteiger partial charge in [0.05, 0.1) is 22.1 Å². The number of pyridine rings is 1. The first-order valence-corrected chi connectivity index (χ1v) is 8.81. The van der Waals surface area contributed by atoms with E-state index in [-0.39, 0.29) is 0 Å². The van der Waals surface area contributed by atoms with Crippen LogP contribution in [0.5, 0.6) is 0 Å². The molecule has 0 amide bonds. The summed E-state index contributed by atoms with van der Waals surface area (Å²) in [7, 11) is 0. The van der Waals surface area contributed by atoms with Crippen molar-refractivity contribution >= 4 is 44.7 Å². The predicted octanol–water partition coefficient (Wildman–Crippen LogP) is 5.25. The van der Waals surface area contributed by atoms with Crippen molar-refractivity contribution < 1.29 is 0 Å². The summed E-state index contributed by atoms with van der Waals surface area (Å²) in [6.45, 7) is 4.37. The first-order valence-electron chi connectivity index (χ1n) is 6.26. The second kappa shape index (κ2) is 5.46. The van der Waals surface area contributed by atoms with Gasteiger partial charge in [-0.15, -0.1) is 23.1 Å². The SMILES string of the molecule is Cc1cc(NC2C[C@H](C)Sc3sccc32)cnc1Br. The number of thioether (sulfide) groups is 1. The average Bonchev–Trinajstić information content (AvgIpc) is 2.82. The number of aryl methyl sites for hydroxylation is 1. The molecular formula is C14H15BrN2S2. The third-order valence-electron chi connectivity index (χ3n) is 3.26. The van der Waals surface area contributed by atoms with Crippen molar-refractivity contribution in [3.8, 4) is 0 Å². The molecule has 0 aliphatic carbocycles. The Kier molecular flexibility index (Phi) is 3.87. The van der Waals surface area contributed by atoms with Gasteiger partial charge in [-0.1, -0.05) is 6.92 Å². The lowest BCUT2D eigenvalue weighted by molar-refractivity contribution is 0.669. The van der Waals surface area contributed by atoms with Crippen molar-refractivity contribution in [2.24, 2.45) is 0 Å². The molecule has 19 heavy (non-hydrogen) atoms. The second-order valence-electron chi connectivity index (χ2n) is 4.86. The van der Waals surface area contributed by atoms with Crippen molar-refractivity contribution in [2.75, 3.05) is 5.32 Å². The van der Waals surface area contributed by atoms with Crippen LogP contribution >= 0.6 is 39.0 Å². The number of nitrogens with zero attached hydrogens (tertiary/aromatic N) is 1. The lowest BCUT2D eigenvalue weighted by Crippen LogP contribution is -2.19. The molecule has 0 saturated heterocycles. The topological polar surface area (TPSA) is 24.9 Å². The minimum absolute atomic E-state index is 0.403. The summed E-state index contributed by atoms with van der Waals surface area (Å²) >= 11 is 7.29. The molecule has 2 atom stereocenters. The van der Waals surface area contributed by atoms with Gasteiger partial charge in [0, 0.05) is 5.25 Å². The quantitative estimate of drug-likeness (QED) is 0.745. The highest BCUT2D eigenvalue weighted by Gasteiger charge is 2.26. The zero-order chi connectivity index (χ0) is 13.4. The first kappa shape index (κ1) is 13.5. The standard InChI is InChI=1S/C14H15BrN2S2/c1-8-5-10(7-16-13(8)15)17-12-6-9(2)19-14-11(12)3-4-18-14/h3-5,7,9,12,17H,6H2,1-2H3/t9-,12?/m0/s1. The number of nitrogens with one attached hydrogen (secondary N) is 1. The summed E-state index contributed by atoms with van der Waals surface area (Å²) in [5.74, 6) is 0. The number of halogens is 1. The van der Waals surface area contributed by atoms with E-state index in [1.165, 1.54) is 9.77 Å². The smallest absolute Gasteiger partial charge is 0.109 e. The molecule has 0 radical (unpaired) electrons. The molecule has 100 valence electrons. The Hall–Kier alpha value is -0.520. The van der Waals surface area contributed by atoms with E-state index in [2.05, 4.69) is 57.6 Å². The molecular weight excluding hydrogens is 340 g/mol. The zero-order valence-corrected chi connectivity index (χ0v) is 14.0. The van der Waals surface area contributed by atoms with Crippen LogP contribution in [0.4, 0.5) is 5.69 Å². The molecule has 0 fully saturated rings. The van der Waals surface area contributed by atoms with E-state index in [9.17, 15) is 0 Å². The number of hydrogen-bond donors (Lipinski definition) is 1. The molecule has 1 aliphatic rings. The number of anilines is 1. The average molecular weight is 355 g/mol. The Labute approximate surface area is 130 Å². The molecule has 0 saturated carbocycles. The number of aromatic nitrogens is 1. The highest BCUT2D eigenvalue weighted by Crippen LogP contribution is 2.44. The van der Waals surface area contributed by atoms with Gasteiger partial charge in [-0.2, -0.15) is 0 Å². The molecule has 0 spiro atoms. The largest absolute Gasteiger partial charge is 0.377 e. The Morgan fingerprint density at radius 1 is 1.47 bits per heavy atom. The normalized spacial score (nSPS) is 22.1. The molecule has 3 heterocycles. The first-order chi connectivity index (χ1) is 9.13. The maximum Gasteiger partial charge on any atom is 0.109 e. The maximum atomic E-state index is 4.36. The van der Waals surface area contributed by atoms with Gasteiger partial charge in [0.2, 0.25) is 0 Å². The molecule has 1 unspecified atom stereocenters. The Morgan fingerprint density at radius 3 is 3.11 bits per heavy atom. The van der Waals surface area contributed by atoms with E-state index in [0.29, 0.717) is 11.3 Å². The number of thiophene rings is 1. The van der Waals surface area contributed by atoms with E-state index in [1.54, 1.807) is 0 Å². The lowest BCUT2D eigenvalue weighted by Gasteiger charge is -2.28.